The summed E-state index contributed by atoms with van der Waals surface area (Å²) in [4.78, 5) is 23.3. The van der Waals surface area contributed by atoms with Crippen LogP contribution >= 0.6 is 11.6 Å². The molecule has 0 aliphatic rings. The molecule has 0 fully saturated rings. The average molecular weight is 313 g/mol. The molecule has 5 nitrogen and oxygen atoms in total. The zero-order valence-corrected chi connectivity index (χ0v) is 12.9. The van der Waals surface area contributed by atoms with E-state index in [4.69, 9.17) is 17.3 Å². The van der Waals surface area contributed by atoms with Gasteiger partial charge in [0.15, 0.2) is 0 Å². The van der Waals surface area contributed by atoms with Crippen molar-refractivity contribution in [2.45, 2.75) is 38.8 Å². The predicted molar refractivity (Wildman–Crippen MR) is 81.7 cm³/mol. The lowest BCUT2D eigenvalue weighted by Gasteiger charge is -2.19. The van der Waals surface area contributed by atoms with E-state index in [-0.39, 0.29) is 12.3 Å². The largest absolute Gasteiger partial charge is 0.383 e. The van der Waals surface area contributed by atoms with E-state index in [2.05, 4.69) is 5.32 Å². The monoisotopic (exact) mass is 312 g/mol. The lowest BCUT2D eigenvalue weighted by Crippen LogP contribution is -2.49. The van der Waals surface area contributed by atoms with Gasteiger partial charge in [0, 0.05) is 11.4 Å². The molecule has 0 aromatic heterocycles. The zero-order chi connectivity index (χ0) is 16.0. The van der Waals surface area contributed by atoms with Crippen LogP contribution in [0.3, 0.4) is 0 Å². The Bertz CT molecular complexity index is 488. The number of hydrogen-bond donors (Lipinski definition) is 3. The van der Waals surface area contributed by atoms with Crippen molar-refractivity contribution in [3.63, 3.8) is 0 Å². The van der Waals surface area contributed by atoms with Gasteiger partial charge in [-0.05, 0) is 30.0 Å². The lowest BCUT2D eigenvalue weighted by atomic mass is 10.0. The minimum Gasteiger partial charge on any atom is -0.383 e. The second-order valence-corrected chi connectivity index (χ2v) is 5.88. The maximum absolute atomic E-state index is 11.8. The molecule has 0 aliphatic carbocycles. The van der Waals surface area contributed by atoms with Crippen LogP contribution in [0.5, 0.6) is 0 Å². The number of aliphatic hydroxyl groups is 1. The summed E-state index contributed by atoms with van der Waals surface area (Å²) in [5.74, 6) is -1.05. The molecule has 0 saturated heterocycles. The van der Waals surface area contributed by atoms with Gasteiger partial charge >= 0.3 is 0 Å². The smallest absolute Gasteiger partial charge is 0.249 e. The second-order valence-electron chi connectivity index (χ2n) is 5.44. The first-order chi connectivity index (χ1) is 9.79. The standard InChI is InChI=1S/C15H21ClN2O3/c1-9(2)7-13(19)15(21)18-12(14(17)20)8-10-3-5-11(16)6-4-10/h3-6,9,12-13,19H,7-8H2,1-2H3,(H2,17,20)(H,18,21)/t12-,13-/m1/s1. The fourth-order valence-electron chi connectivity index (χ4n) is 1.90. The van der Waals surface area contributed by atoms with Gasteiger partial charge in [-0.1, -0.05) is 37.6 Å². The molecule has 2 atom stereocenters. The average Bonchev–Trinajstić information content (AvgIpc) is 2.39. The highest BCUT2D eigenvalue weighted by molar-refractivity contribution is 6.30. The molecule has 6 heteroatoms. The summed E-state index contributed by atoms with van der Waals surface area (Å²) >= 11 is 5.79. The summed E-state index contributed by atoms with van der Waals surface area (Å²) in [5, 5.41) is 12.8. The van der Waals surface area contributed by atoms with Gasteiger partial charge in [-0.25, -0.2) is 0 Å². The predicted octanol–water partition coefficient (Wildman–Crippen LogP) is 1.26. The van der Waals surface area contributed by atoms with Crippen LogP contribution < -0.4 is 11.1 Å². The zero-order valence-electron chi connectivity index (χ0n) is 12.2. The minimum atomic E-state index is -1.14. The molecule has 1 aromatic rings. The Kier molecular flexibility index (Phi) is 6.65. The highest BCUT2D eigenvalue weighted by Gasteiger charge is 2.23. The van der Waals surface area contributed by atoms with Crippen LogP contribution in [-0.4, -0.2) is 29.1 Å². The van der Waals surface area contributed by atoms with Crippen molar-refractivity contribution in [2.24, 2.45) is 11.7 Å². The quantitative estimate of drug-likeness (QED) is 0.707. The van der Waals surface area contributed by atoms with Crippen LogP contribution in [0, 0.1) is 5.92 Å². The van der Waals surface area contributed by atoms with E-state index < -0.39 is 24.0 Å². The van der Waals surface area contributed by atoms with Gasteiger partial charge in [-0.2, -0.15) is 0 Å². The van der Waals surface area contributed by atoms with Gasteiger partial charge in [-0.15, -0.1) is 0 Å². The molecule has 0 aliphatic heterocycles. The maximum Gasteiger partial charge on any atom is 0.249 e. The van der Waals surface area contributed by atoms with Crippen molar-refractivity contribution < 1.29 is 14.7 Å². The molecule has 1 aromatic carbocycles. The molecule has 1 rings (SSSR count). The molecule has 0 saturated carbocycles. The first-order valence-electron chi connectivity index (χ1n) is 6.81. The second kappa shape index (κ2) is 8.00. The van der Waals surface area contributed by atoms with E-state index in [0.717, 1.165) is 5.56 Å². The van der Waals surface area contributed by atoms with E-state index in [1.807, 2.05) is 13.8 Å². The van der Waals surface area contributed by atoms with E-state index in [1.54, 1.807) is 24.3 Å². The van der Waals surface area contributed by atoms with Crippen molar-refractivity contribution >= 4 is 23.4 Å². The Hall–Kier alpha value is -1.59. The van der Waals surface area contributed by atoms with Crippen molar-refractivity contribution in [3.05, 3.63) is 34.9 Å². The van der Waals surface area contributed by atoms with Crippen molar-refractivity contribution in [1.82, 2.24) is 5.32 Å². The number of benzene rings is 1. The maximum atomic E-state index is 11.8. The Morgan fingerprint density at radius 2 is 1.86 bits per heavy atom. The van der Waals surface area contributed by atoms with Crippen LogP contribution in [-0.2, 0) is 16.0 Å². The number of halogens is 1. The van der Waals surface area contributed by atoms with Gasteiger partial charge in [0.2, 0.25) is 11.8 Å². The summed E-state index contributed by atoms with van der Waals surface area (Å²) < 4.78 is 0. The molecular weight excluding hydrogens is 292 g/mol. The number of carbonyl (C=O) groups is 2. The highest BCUT2D eigenvalue weighted by Crippen LogP contribution is 2.11. The number of hydrogen-bond acceptors (Lipinski definition) is 3. The van der Waals surface area contributed by atoms with Crippen molar-refractivity contribution in [3.8, 4) is 0 Å². The first kappa shape index (κ1) is 17.5. The van der Waals surface area contributed by atoms with Crippen LogP contribution in [0.2, 0.25) is 5.02 Å². The number of aliphatic hydroxyl groups excluding tert-OH is 1. The molecule has 0 radical (unpaired) electrons. The van der Waals surface area contributed by atoms with Gasteiger partial charge in [-0.3, -0.25) is 9.59 Å². The van der Waals surface area contributed by atoms with Gasteiger partial charge in [0.05, 0.1) is 0 Å². The summed E-state index contributed by atoms with van der Waals surface area (Å²) in [6.07, 6.45) is -0.553. The summed E-state index contributed by atoms with van der Waals surface area (Å²) in [6, 6.07) is 6.05. The van der Waals surface area contributed by atoms with Gasteiger partial charge in [0.1, 0.15) is 12.1 Å². The molecule has 4 N–H and O–H groups in total. The molecule has 116 valence electrons. The van der Waals surface area contributed by atoms with E-state index in [9.17, 15) is 14.7 Å². The van der Waals surface area contributed by atoms with E-state index in [1.165, 1.54) is 0 Å². The van der Waals surface area contributed by atoms with Crippen LogP contribution in [0.15, 0.2) is 24.3 Å². The summed E-state index contributed by atoms with van der Waals surface area (Å²) in [7, 11) is 0. The minimum absolute atomic E-state index is 0.175. The molecular formula is C15H21ClN2O3. The number of carbonyl (C=O) groups excluding carboxylic acids is 2. The molecule has 0 heterocycles. The Morgan fingerprint density at radius 3 is 2.33 bits per heavy atom. The number of nitrogens with one attached hydrogen (secondary N) is 1. The molecule has 0 spiro atoms. The first-order valence-corrected chi connectivity index (χ1v) is 7.19. The molecule has 2 amide bonds. The van der Waals surface area contributed by atoms with Crippen molar-refractivity contribution in [2.75, 3.05) is 0 Å². The number of amides is 2. The third-order valence-electron chi connectivity index (χ3n) is 3.01. The highest BCUT2D eigenvalue weighted by atomic mass is 35.5. The Labute approximate surface area is 129 Å². The SMILES string of the molecule is CC(C)C[C@@H](O)C(=O)N[C@H](Cc1ccc(Cl)cc1)C(N)=O. The van der Waals surface area contributed by atoms with E-state index in [0.29, 0.717) is 11.4 Å². The number of primary amides is 1. The van der Waals surface area contributed by atoms with Crippen molar-refractivity contribution in [1.29, 1.82) is 0 Å². The summed E-state index contributed by atoms with van der Waals surface area (Å²) in [5.41, 5.74) is 6.12. The topological polar surface area (TPSA) is 92.4 Å². The number of rotatable bonds is 7. The van der Waals surface area contributed by atoms with Gasteiger partial charge < -0.3 is 16.2 Å². The molecule has 21 heavy (non-hydrogen) atoms. The van der Waals surface area contributed by atoms with Crippen LogP contribution in [0.4, 0.5) is 0 Å². The summed E-state index contributed by atoms with van der Waals surface area (Å²) in [6.45, 7) is 3.80. The number of nitrogens with two attached hydrogens (primary N) is 1. The third-order valence-corrected chi connectivity index (χ3v) is 3.26. The lowest BCUT2D eigenvalue weighted by molar-refractivity contribution is -0.133. The van der Waals surface area contributed by atoms with Crippen LogP contribution in [0.1, 0.15) is 25.8 Å². The molecule has 0 unspecified atom stereocenters. The van der Waals surface area contributed by atoms with E-state index >= 15 is 0 Å². The normalized spacial score (nSPS) is 13.8. The fourth-order valence-corrected chi connectivity index (χ4v) is 2.03. The van der Waals surface area contributed by atoms with Crippen LogP contribution in [0.25, 0.3) is 0 Å². The Morgan fingerprint density at radius 1 is 1.29 bits per heavy atom. The third kappa shape index (κ3) is 6.14. The fraction of sp³-hybridized carbons (Fsp3) is 0.467. The molecule has 0 bridgehead atoms. The van der Waals surface area contributed by atoms with Gasteiger partial charge in [0.25, 0.3) is 0 Å². The Balaban J connectivity index is 2.67.